The van der Waals surface area contributed by atoms with Crippen molar-refractivity contribution in [3.8, 4) is 29.0 Å². The lowest BCUT2D eigenvalue weighted by atomic mass is 10.1. The van der Waals surface area contributed by atoms with E-state index in [1.807, 2.05) is 36.4 Å². The van der Waals surface area contributed by atoms with E-state index in [9.17, 15) is 10.5 Å². The maximum Gasteiger partial charge on any atom is 0.180 e. The average Bonchev–Trinajstić information content (AvgIpc) is 3.50. The van der Waals surface area contributed by atoms with Crippen molar-refractivity contribution in [2.75, 3.05) is 0 Å². The van der Waals surface area contributed by atoms with Crippen LogP contribution in [0.4, 0.5) is 0 Å². The zero-order valence-electron chi connectivity index (χ0n) is 26.1. The van der Waals surface area contributed by atoms with Crippen molar-refractivity contribution in [2.45, 2.75) is 0 Å². The van der Waals surface area contributed by atoms with Crippen molar-refractivity contribution in [1.82, 2.24) is 4.57 Å². The zero-order chi connectivity index (χ0) is 32.5. The Kier molecular flexibility index (Phi) is 7.27. The number of aromatic nitrogens is 1. The molecule has 224 valence electrons. The molecule has 3 nitrogen and oxygen atoms in total. The van der Waals surface area contributed by atoms with Crippen molar-refractivity contribution in [3.05, 3.63) is 187 Å². The van der Waals surface area contributed by atoms with Crippen LogP contribution in [0.25, 0.3) is 38.6 Å². The molecule has 1 aromatic heterocycles. The number of nitriles is 2. The van der Waals surface area contributed by atoms with Gasteiger partial charge in [0.2, 0.25) is 0 Å². The molecule has 0 aliphatic carbocycles. The van der Waals surface area contributed by atoms with Gasteiger partial charge in [-0.05, 0) is 80.4 Å². The predicted molar refractivity (Wildman–Crippen MR) is 199 cm³/mol. The van der Waals surface area contributed by atoms with Crippen molar-refractivity contribution >= 4 is 50.6 Å². The SMILES string of the molecule is N#Cc1cccc([Si](c2ccccc2)(c2ccccc2)c2ccccc2-c2ccc(-n3c4ccccc4c4cc(C#N)ccc43)cc2)c1. The molecule has 8 rings (SSSR count). The summed E-state index contributed by atoms with van der Waals surface area (Å²) in [5, 5.41) is 26.7. The van der Waals surface area contributed by atoms with E-state index in [0.29, 0.717) is 11.1 Å². The zero-order valence-corrected chi connectivity index (χ0v) is 27.1. The molecule has 8 aromatic rings. The molecule has 0 radical (unpaired) electrons. The van der Waals surface area contributed by atoms with Gasteiger partial charge in [-0.2, -0.15) is 10.5 Å². The molecule has 0 saturated heterocycles. The lowest BCUT2D eigenvalue weighted by Crippen LogP contribution is -2.75. The molecule has 1 heterocycles. The molecule has 0 bridgehead atoms. The van der Waals surface area contributed by atoms with E-state index in [1.165, 1.54) is 26.3 Å². The van der Waals surface area contributed by atoms with Gasteiger partial charge >= 0.3 is 0 Å². The highest BCUT2D eigenvalue weighted by Gasteiger charge is 2.43. The van der Waals surface area contributed by atoms with Gasteiger partial charge in [-0.15, -0.1) is 0 Å². The Morgan fingerprint density at radius 2 is 1.02 bits per heavy atom. The second kappa shape index (κ2) is 12.0. The summed E-state index contributed by atoms with van der Waals surface area (Å²) in [6.45, 7) is 0. The number of hydrogen-bond donors (Lipinski definition) is 0. The second-order valence-corrected chi connectivity index (χ2v) is 15.7. The van der Waals surface area contributed by atoms with Crippen LogP contribution in [0.1, 0.15) is 11.1 Å². The molecule has 0 spiro atoms. The van der Waals surface area contributed by atoms with E-state index < -0.39 is 8.07 Å². The number of benzene rings is 7. The molecule has 0 unspecified atom stereocenters. The Labute approximate surface area is 280 Å². The van der Waals surface area contributed by atoms with E-state index in [1.54, 1.807) is 0 Å². The van der Waals surface area contributed by atoms with Gasteiger partial charge in [0.1, 0.15) is 0 Å². The quantitative estimate of drug-likeness (QED) is 0.141. The Hall–Kier alpha value is -6.46. The van der Waals surface area contributed by atoms with Crippen molar-refractivity contribution in [2.24, 2.45) is 0 Å². The van der Waals surface area contributed by atoms with E-state index >= 15 is 0 Å². The van der Waals surface area contributed by atoms with Gasteiger partial charge in [-0.1, -0.05) is 127 Å². The Balaban J connectivity index is 1.36. The van der Waals surface area contributed by atoms with Crippen molar-refractivity contribution in [3.63, 3.8) is 0 Å². The Morgan fingerprint density at radius 1 is 0.438 bits per heavy atom. The molecule has 7 aromatic carbocycles. The summed E-state index contributed by atoms with van der Waals surface area (Å²) in [5.74, 6) is 0. The van der Waals surface area contributed by atoms with Gasteiger partial charge in [0, 0.05) is 16.5 Å². The summed E-state index contributed by atoms with van der Waals surface area (Å²) in [6.07, 6.45) is 0. The minimum atomic E-state index is -2.91. The maximum absolute atomic E-state index is 9.98. The summed E-state index contributed by atoms with van der Waals surface area (Å²) >= 11 is 0. The molecule has 0 aliphatic rings. The second-order valence-electron chi connectivity index (χ2n) is 12.0. The van der Waals surface area contributed by atoms with Crippen LogP contribution in [0.2, 0.25) is 0 Å². The number of rotatable bonds is 6. The van der Waals surface area contributed by atoms with E-state index in [-0.39, 0.29) is 0 Å². The van der Waals surface area contributed by atoms with Crippen LogP contribution >= 0.6 is 0 Å². The van der Waals surface area contributed by atoms with Crippen LogP contribution in [0.5, 0.6) is 0 Å². The molecule has 48 heavy (non-hydrogen) atoms. The molecule has 4 heteroatoms. The number of fused-ring (bicyclic) bond motifs is 3. The third-order valence-corrected chi connectivity index (χ3v) is 14.2. The average molecular weight is 628 g/mol. The Morgan fingerprint density at radius 3 is 1.73 bits per heavy atom. The standard InChI is InChI=1S/C44H29N3Si/c45-30-32-12-11-17-38(28-32)48(36-13-3-1-4-14-36,37-15-5-2-6-16-37)44-21-10-8-18-39(44)34-23-25-35(26-24-34)47-42-20-9-7-19-40(42)41-29-33(31-46)22-27-43(41)47/h1-29H. The van der Waals surface area contributed by atoms with E-state index in [4.69, 9.17) is 0 Å². The minimum absolute atomic E-state index is 0.655. The first-order valence-electron chi connectivity index (χ1n) is 16.0. The molecule has 0 aliphatic heterocycles. The third-order valence-electron chi connectivity index (χ3n) is 9.41. The Bertz CT molecular complexity index is 2480. The van der Waals surface area contributed by atoms with Gasteiger partial charge in [-0.25, -0.2) is 0 Å². The van der Waals surface area contributed by atoms with Crippen LogP contribution in [0.3, 0.4) is 0 Å². The summed E-state index contributed by atoms with van der Waals surface area (Å²) in [6, 6.07) is 66.4. The number of nitrogens with zero attached hydrogens (tertiary/aromatic N) is 3. The van der Waals surface area contributed by atoms with E-state index in [0.717, 1.165) is 33.1 Å². The summed E-state index contributed by atoms with van der Waals surface area (Å²) in [5.41, 5.74) is 6.85. The highest BCUT2D eigenvalue weighted by atomic mass is 28.3. The lowest BCUT2D eigenvalue weighted by molar-refractivity contribution is 1.18. The van der Waals surface area contributed by atoms with Gasteiger partial charge in [0.25, 0.3) is 0 Å². The van der Waals surface area contributed by atoms with Crippen LogP contribution in [-0.4, -0.2) is 12.6 Å². The monoisotopic (exact) mass is 627 g/mol. The van der Waals surface area contributed by atoms with Crippen LogP contribution in [0.15, 0.2) is 176 Å². The fraction of sp³-hybridized carbons (Fsp3) is 0. The first-order chi connectivity index (χ1) is 23.7. The van der Waals surface area contributed by atoms with Crippen LogP contribution in [0, 0.1) is 22.7 Å². The van der Waals surface area contributed by atoms with E-state index in [2.05, 4.69) is 156 Å². The number of hydrogen-bond acceptors (Lipinski definition) is 2. The fourth-order valence-electron chi connectivity index (χ4n) is 7.34. The fourth-order valence-corrected chi connectivity index (χ4v) is 12.4. The normalized spacial score (nSPS) is 11.3. The highest BCUT2D eigenvalue weighted by Crippen LogP contribution is 2.33. The van der Waals surface area contributed by atoms with Gasteiger partial charge in [0.05, 0.1) is 34.3 Å². The minimum Gasteiger partial charge on any atom is -0.309 e. The maximum atomic E-state index is 9.98. The molecule has 0 atom stereocenters. The first-order valence-corrected chi connectivity index (χ1v) is 18.0. The van der Waals surface area contributed by atoms with Gasteiger partial charge in [-0.3, -0.25) is 0 Å². The van der Waals surface area contributed by atoms with Crippen molar-refractivity contribution in [1.29, 1.82) is 10.5 Å². The van der Waals surface area contributed by atoms with Crippen LogP contribution in [-0.2, 0) is 0 Å². The first kappa shape index (κ1) is 29.0. The highest BCUT2D eigenvalue weighted by molar-refractivity contribution is 7.20. The van der Waals surface area contributed by atoms with Gasteiger partial charge in [0.15, 0.2) is 8.07 Å². The topological polar surface area (TPSA) is 52.5 Å². The molecule has 0 amide bonds. The smallest absolute Gasteiger partial charge is 0.180 e. The third kappa shape index (κ3) is 4.64. The molecular weight excluding hydrogens is 599 g/mol. The summed E-state index contributed by atoms with van der Waals surface area (Å²) in [7, 11) is -2.91. The summed E-state index contributed by atoms with van der Waals surface area (Å²) < 4.78 is 2.28. The molecule has 0 fully saturated rings. The van der Waals surface area contributed by atoms with Crippen LogP contribution < -0.4 is 20.7 Å². The largest absolute Gasteiger partial charge is 0.309 e. The van der Waals surface area contributed by atoms with Crippen molar-refractivity contribution < 1.29 is 0 Å². The molecule has 0 saturated carbocycles. The van der Waals surface area contributed by atoms with Gasteiger partial charge < -0.3 is 4.57 Å². The lowest BCUT2D eigenvalue weighted by Gasteiger charge is -2.36. The molecular formula is C44H29N3Si. The predicted octanol–water partition coefficient (Wildman–Crippen LogP) is 7.57. The summed E-state index contributed by atoms with van der Waals surface area (Å²) in [4.78, 5) is 0. The number of para-hydroxylation sites is 1. The molecule has 0 N–H and O–H groups in total.